The third kappa shape index (κ3) is 2.60. The van der Waals surface area contributed by atoms with Gasteiger partial charge in [-0.05, 0) is 5.92 Å². The van der Waals surface area contributed by atoms with E-state index in [2.05, 4.69) is 0 Å². The number of hydrogen-bond acceptors (Lipinski definition) is 1. The molecule has 62 valence electrons. The molecule has 0 amide bonds. The van der Waals surface area contributed by atoms with E-state index >= 15 is 0 Å². The van der Waals surface area contributed by atoms with Crippen LogP contribution in [0.5, 0.6) is 0 Å². The topological polar surface area (TPSA) is 20.2 Å². The van der Waals surface area contributed by atoms with Crippen molar-refractivity contribution < 1.29 is 13.9 Å². The first-order valence-electron chi connectivity index (χ1n) is 3.43. The largest absolute Gasteiger partial charge is 0.392 e. The number of aliphatic hydroxyl groups excluding tert-OH is 1. The van der Waals surface area contributed by atoms with Crippen LogP contribution in [0.15, 0.2) is 0 Å². The van der Waals surface area contributed by atoms with E-state index in [1.54, 1.807) is 13.8 Å². The molecule has 10 heavy (non-hydrogen) atoms. The van der Waals surface area contributed by atoms with Crippen molar-refractivity contribution in [2.24, 2.45) is 11.8 Å². The number of aliphatic hydroxyl groups is 1. The second-order valence-corrected chi connectivity index (χ2v) is 2.93. The van der Waals surface area contributed by atoms with E-state index in [9.17, 15) is 8.78 Å². The number of rotatable bonds is 3. The van der Waals surface area contributed by atoms with E-state index in [1.165, 1.54) is 6.92 Å². The fourth-order valence-electron chi connectivity index (χ4n) is 0.756. The van der Waals surface area contributed by atoms with Crippen LogP contribution in [0.1, 0.15) is 20.8 Å². The van der Waals surface area contributed by atoms with Gasteiger partial charge in [-0.3, -0.25) is 0 Å². The highest BCUT2D eigenvalue weighted by Crippen LogP contribution is 2.18. The predicted molar refractivity (Wildman–Crippen MR) is 36.0 cm³/mol. The molecular weight excluding hydrogens is 138 g/mol. The summed E-state index contributed by atoms with van der Waals surface area (Å²) in [6.45, 7) is 4.81. The first-order valence-corrected chi connectivity index (χ1v) is 3.43. The Morgan fingerprint density at radius 2 is 1.50 bits per heavy atom. The van der Waals surface area contributed by atoms with Crippen molar-refractivity contribution in [3.05, 3.63) is 0 Å². The predicted octanol–water partition coefficient (Wildman–Crippen LogP) is 1.90. The number of alkyl halides is 2. The van der Waals surface area contributed by atoms with E-state index in [0.29, 0.717) is 0 Å². The van der Waals surface area contributed by atoms with Crippen LogP contribution in [0.4, 0.5) is 8.78 Å². The van der Waals surface area contributed by atoms with Crippen LogP contribution in [-0.2, 0) is 0 Å². The van der Waals surface area contributed by atoms with Gasteiger partial charge in [0.25, 0.3) is 0 Å². The minimum absolute atomic E-state index is 0.0935. The summed E-state index contributed by atoms with van der Waals surface area (Å²) >= 11 is 0. The molecule has 0 bridgehead atoms. The van der Waals surface area contributed by atoms with Gasteiger partial charge >= 0.3 is 0 Å². The third-order valence-electron chi connectivity index (χ3n) is 1.62. The molecule has 1 nitrogen and oxygen atoms in total. The Bertz CT molecular complexity index is 81.6. The van der Waals surface area contributed by atoms with E-state index in [-0.39, 0.29) is 5.92 Å². The Kier molecular flexibility index (Phi) is 3.79. The van der Waals surface area contributed by atoms with Gasteiger partial charge in [0.2, 0.25) is 6.43 Å². The van der Waals surface area contributed by atoms with Crippen molar-refractivity contribution in [3.63, 3.8) is 0 Å². The van der Waals surface area contributed by atoms with Gasteiger partial charge in [0.15, 0.2) is 0 Å². The van der Waals surface area contributed by atoms with Crippen LogP contribution in [0.2, 0.25) is 0 Å². The molecule has 0 aromatic heterocycles. The molecule has 0 aliphatic heterocycles. The van der Waals surface area contributed by atoms with Crippen molar-refractivity contribution in [3.8, 4) is 0 Å². The number of halogens is 2. The van der Waals surface area contributed by atoms with E-state index in [4.69, 9.17) is 5.11 Å². The van der Waals surface area contributed by atoms with Gasteiger partial charge in [-0.25, -0.2) is 8.78 Å². The van der Waals surface area contributed by atoms with Crippen molar-refractivity contribution in [1.29, 1.82) is 0 Å². The van der Waals surface area contributed by atoms with Gasteiger partial charge in [0.1, 0.15) is 0 Å². The van der Waals surface area contributed by atoms with Crippen LogP contribution >= 0.6 is 0 Å². The minimum Gasteiger partial charge on any atom is -0.392 e. The summed E-state index contributed by atoms with van der Waals surface area (Å²) in [6.07, 6.45) is -3.31. The van der Waals surface area contributed by atoms with Crippen LogP contribution in [0, 0.1) is 11.8 Å². The second kappa shape index (κ2) is 3.86. The Morgan fingerprint density at radius 3 is 1.60 bits per heavy atom. The molecule has 0 aromatic rings. The lowest BCUT2D eigenvalue weighted by Gasteiger charge is -2.20. The first-order chi connectivity index (χ1) is 4.46. The maximum absolute atomic E-state index is 11.9. The molecule has 1 N–H and O–H groups in total. The van der Waals surface area contributed by atoms with Crippen LogP contribution in [0.25, 0.3) is 0 Å². The summed E-state index contributed by atoms with van der Waals surface area (Å²) in [5, 5.41) is 9.09. The maximum Gasteiger partial charge on any atom is 0.243 e. The lowest BCUT2D eigenvalue weighted by molar-refractivity contribution is -0.0192. The Labute approximate surface area is 60.1 Å². The quantitative estimate of drug-likeness (QED) is 0.654. The van der Waals surface area contributed by atoms with Crippen molar-refractivity contribution in [2.45, 2.75) is 33.3 Å². The minimum atomic E-state index is -2.42. The van der Waals surface area contributed by atoms with Gasteiger partial charge < -0.3 is 5.11 Å². The first kappa shape index (κ1) is 9.82. The average Bonchev–Trinajstić information content (AvgIpc) is 1.84. The van der Waals surface area contributed by atoms with Gasteiger partial charge in [-0.2, -0.15) is 0 Å². The third-order valence-corrected chi connectivity index (χ3v) is 1.62. The lowest BCUT2D eigenvalue weighted by Crippen LogP contribution is -2.28. The molecule has 0 aliphatic rings. The average molecular weight is 152 g/mol. The summed E-state index contributed by atoms with van der Waals surface area (Å²) in [6, 6.07) is 0. The Morgan fingerprint density at radius 1 is 1.10 bits per heavy atom. The van der Waals surface area contributed by atoms with Crippen LogP contribution in [-0.4, -0.2) is 17.6 Å². The Hall–Kier alpha value is -0.180. The monoisotopic (exact) mass is 152 g/mol. The molecule has 0 radical (unpaired) electrons. The van der Waals surface area contributed by atoms with Crippen molar-refractivity contribution in [2.75, 3.05) is 0 Å². The zero-order valence-corrected chi connectivity index (χ0v) is 6.51. The molecule has 0 aliphatic carbocycles. The summed E-state index contributed by atoms with van der Waals surface area (Å²) in [5.41, 5.74) is 0. The second-order valence-electron chi connectivity index (χ2n) is 2.93. The number of hydrogen-bond donors (Lipinski definition) is 1. The van der Waals surface area contributed by atoms with Crippen LogP contribution < -0.4 is 0 Å². The highest BCUT2D eigenvalue weighted by molar-refractivity contribution is 4.68. The van der Waals surface area contributed by atoms with Gasteiger partial charge in [0, 0.05) is 5.92 Å². The molecule has 0 aromatic carbocycles. The van der Waals surface area contributed by atoms with Gasteiger partial charge in [-0.15, -0.1) is 0 Å². The molecule has 3 heteroatoms. The van der Waals surface area contributed by atoms with Gasteiger partial charge in [-0.1, -0.05) is 20.8 Å². The van der Waals surface area contributed by atoms with Crippen molar-refractivity contribution >= 4 is 0 Å². The molecule has 0 rings (SSSR count). The molecule has 0 saturated carbocycles. The van der Waals surface area contributed by atoms with Gasteiger partial charge in [0.05, 0.1) is 6.10 Å². The normalized spacial score (nSPS) is 18.0. The zero-order valence-electron chi connectivity index (χ0n) is 6.51. The van der Waals surface area contributed by atoms with E-state index < -0.39 is 18.4 Å². The molecule has 0 spiro atoms. The fourth-order valence-corrected chi connectivity index (χ4v) is 0.756. The van der Waals surface area contributed by atoms with Crippen molar-refractivity contribution in [1.82, 2.24) is 0 Å². The molecule has 0 saturated heterocycles. The molecule has 2 unspecified atom stereocenters. The molecule has 0 heterocycles. The van der Waals surface area contributed by atoms with Crippen LogP contribution in [0.3, 0.4) is 0 Å². The Balaban J connectivity index is 3.81. The molecular formula is C7H14F2O. The standard InChI is InChI=1S/C7H14F2O/c1-4(2)6(10)5(3)7(8)9/h4-7,10H,1-3H3. The SMILES string of the molecule is CC(C)C(O)C(C)C(F)F. The highest BCUT2D eigenvalue weighted by atomic mass is 19.3. The zero-order chi connectivity index (χ0) is 8.31. The summed E-state index contributed by atoms with van der Waals surface area (Å²) in [5.74, 6) is -1.01. The molecule has 0 fully saturated rings. The highest BCUT2D eigenvalue weighted by Gasteiger charge is 2.25. The summed E-state index contributed by atoms with van der Waals surface area (Å²) < 4.78 is 23.8. The fraction of sp³-hybridized carbons (Fsp3) is 1.00. The lowest BCUT2D eigenvalue weighted by atomic mass is 9.95. The maximum atomic E-state index is 11.9. The molecule has 2 atom stereocenters. The van der Waals surface area contributed by atoms with E-state index in [0.717, 1.165) is 0 Å². The summed E-state index contributed by atoms with van der Waals surface area (Å²) in [7, 11) is 0. The van der Waals surface area contributed by atoms with E-state index in [1.807, 2.05) is 0 Å². The smallest absolute Gasteiger partial charge is 0.243 e. The summed E-state index contributed by atoms with van der Waals surface area (Å²) in [4.78, 5) is 0.